The van der Waals surface area contributed by atoms with Crippen LogP contribution in [0.5, 0.6) is 11.5 Å². The smallest absolute Gasteiger partial charge is 0.166 e. The van der Waals surface area contributed by atoms with E-state index in [0.717, 1.165) is 5.56 Å². The Kier molecular flexibility index (Phi) is 4.82. The number of ether oxygens (including phenoxy) is 2. The molecular weight excluding hydrogens is 281 g/mol. The topological polar surface area (TPSA) is 44.5 Å². The Labute approximate surface area is 122 Å². The zero-order valence-corrected chi connectivity index (χ0v) is 11.8. The van der Waals surface area contributed by atoms with Crippen molar-refractivity contribution in [3.05, 3.63) is 58.4 Å². The third kappa shape index (κ3) is 3.21. The van der Waals surface area contributed by atoms with Crippen molar-refractivity contribution in [2.24, 2.45) is 5.73 Å². The largest absolute Gasteiger partial charge is 0.493 e. The van der Waals surface area contributed by atoms with Gasteiger partial charge in [-0.05, 0) is 18.2 Å². The van der Waals surface area contributed by atoms with Crippen molar-refractivity contribution >= 4 is 11.6 Å². The third-order valence-electron chi connectivity index (χ3n) is 2.89. The fourth-order valence-electron chi connectivity index (χ4n) is 1.84. The molecule has 0 aliphatic heterocycles. The molecule has 20 heavy (non-hydrogen) atoms. The highest BCUT2D eigenvalue weighted by Gasteiger charge is 2.11. The number of benzene rings is 2. The minimum atomic E-state index is -0.401. The van der Waals surface area contributed by atoms with Gasteiger partial charge in [-0.1, -0.05) is 29.8 Å². The number of hydrogen-bond donors (Lipinski definition) is 1. The lowest BCUT2D eigenvalue weighted by Crippen LogP contribution is -2.05. The van der Waals surface area contributed by atoms with E-state index in [9.17, 15) is 4.39 Å². The zero-order valence-electron chi connectivity index (χ0n) is 11.0. The van der Waals surface area contributed by atoms with Crippen LogP contribution in [0.4, 0.5) is 4.39 Å². The first-order valence-corrected chi connectivity index (χ1v) is 6.46. The van der Waals surface area contributed by atoms with Crippen molar-refractivity contribution in [2.45, 2.75) is 13.2 Å². The zero-order chi connectivity index (χ0) is 14.5. The number of methoxy groups -OCH3 is 1. The predicted molar refractivity (Wildman–Crippen MR) is 76.6 cm³/mol. The van der Waals surface area contributed by atoms with E-state index >= 15 is 0 Å². The van der Waals surface area contributed by atoms with Crippen molar-refractivity contribution in [3.63, 3.8) is 0 Å². The first-order chi connectivity index (χ1) is 9.65. The van der Waals surface area contributed by atoms with Gasteiger partial charge in [0.1, 0.15) is 12.4 Å². The molecule has 2 aromatic carbocycles. The normalized spacial score (nSPS) is 10.4. The highest BCUT2D eigenvalue weighted by molar-refractivity contribution is 6.30. The van der Waals surface area contributed by atoms with Gasteiger partial charge in [-0.25, -0.2) is 4.39 Å². The molecule has 0 saturated heterocycles. The van der Waals surface area contributed by atoms with E-state index in [4.69, 9.17) is 26.8 Å². The van der Waals surface area contributed by atoms with Crippen LogP contribution in [0.25, 0.3) is 0 Å². The van der Waals surface area contributed by atoms with Crippen molar-refractivity contribution in [2.75, 3.05) is 7.11 Å². The monoisotopic (exact) mass is 295 g/mol. The van der Waals surface area contributed by atoms with Gasteiger partial charge in [-0.15, -0.1) is 0 Å². The van der Waals surface area contributed by atoms with Crippen LogP contribution in [-0.2, 0) is 13.2 Å². The molecule has 0 aromatic heterocycles. The Morgan fingerprint density at radius 1 is 1.20 bits per heavy atom. The maximum absolute atomic E-state index is 13.7. The van der Waals surface area contributed by atoms with Crippen LogP contribution < -0.4 is 15.2 Å². The molecule has 0 heterocycles. The first kappa shape index (κ1) is 14.6. The van der Waals surface area contributed by atoms with Gasteiger partial charge >= 0.3 is 0 Å². The standard InChI is InChI=1S/C15H15ClFNO2/c1-19-14-4-2-3-10(8-18)15(14)20-9-11-5-6-12(16)7-13(11)17/h2-7H,8-9,18H2,1H3. The van der Waals surface area contributed by atoms with Crippen LogP contribution in [0.15, 0.2) is 36.4 Å². The number of nitrogens with two attached hydrogens (primary N) is 1. The highest BCUT2D eigenvalue weighted by Crippen LogP contribution is 2.31. The number of hydrogen-bond acceptors (Lipinski definition) is 3. The van der Waals surface area contributed by atoms with E-state index in [0.29, 0.717) is 28.6 Å². The number of rotatable bonds is 5. The van der Waals surface area contributed by atoms with Crippen molar-refractivity contribution < 1.29 is 13.9 Å². The summed E-state index contributed by atoms with van der Waals surface area (Å²) in [6.45, 7) is 0.395. The van der Waals surface area contributed by atoms with Crippen LogP contribution in [0, 0.1) is 5.82 Å². The molecule has 106 valence electrons. The molecule has 2 rings (SSSR count). The molecule has 2 N–H and O–H groups in total. The van der Waals surface area contributed by atoms with Gasteiger partial charge in [0.25, 0.3) is 0 Å². The van der Waals surface area contributed by atoms with Crippen LogP contribution >= 0.6 is 11.6 Å². The summed E-state index contributed by atoms with van der Waals surface area (Å²) in [5, 5.41) is 0.353. The summed E-state index contributed by atoms with van der Waals surface area (Å²) in [6, 6.07) is 9.91. The first-order valence-electron chi connectivity index (χ1n) is 6.08. The number of para-hydroxylation sites is 1. The van der Waals surface area contributed by atoms with Crippen LogP contribution in [0.2, 0.25) is 5.02 Å². The van der Waals surface area contributed by atoms with Crippen LogP contribution in [0.3, 0.4) is 0 Å². The van der Waals surface area contributed by atoms with E-state index in [1.165, 1.54) is 6.07 Å². The van der Waals surface area contributed by atoms with E-state index in [1.54, 1.807) is 25.3 Å². The van der Waals surface area contributed by atoms with Crippen molar-refractivity contribution in [1.82, 2.24) is 0 Å². The van der Waals surface area contributed by atoms with Crippen LogP contribution in [-0.4, -0.2) is 7.11 Å². The minimum Gasteiger partial charge on any atom is -0.493 e. The van der Waals surface area contributed by atoms with Gasteiger partial charge in [0, 0.05) is 22.7 Å². The fraction of sp³-hybridized carbons (Fsp3) is 0.200. The lowest BCUT2D eigenvalue weighted by atomic mass is 10.2. The Hall–Kier alpha value is -1.78. The molecule has 0 atom stereocenters. The third-order valence-corrected chi connectivity index (χ3v) is 3.12. The Balaban J connectivity index is 2.22. The quantitative estimate of drug-likeness (QED) is 0.918. The summed E-state index contributed by atoms with van der Waals surface area (Å²) in [5.74, 6) is 0.705. The summed E-state index contributed by atoms with van der Waals surface area (Å²) >= 11 is 5.71. The molecule has 5 heteroatoms. The van der Waals surface area contributed by atoms with Gasteiger partial charge in [0.15, 0.2) is 11.5 Å². The Morgan fingerprint density at radius 2 is 2.00 bits per heavy atom. The molecule has 0 aliphatic carbocycles. The molecule has 0 saturated carbocycles. The Bertz CT molecular complexity index is 582. The van der Waals surface area contributed by atoms with Gasteiger partial charge in [-0.2, -0.15) is 0 Å². The molecule has 0 aliphatic rings. The summed E-state index contributed by atoms with van der Waals surface area (Å²) in [5.41, 5.74) is 6.89. The average molecular weight is 296 g/mol. The molecule has 0 unspecified atom stereocenters. The minimum absolute atomic E-state index is 0.0797. The summed E-state index contributed by atoms with van der Waals surface area (Å²) in [6.07, 6.45) is 0. The van der Waals surface area contributed by atoms with Gasteiger partial charge in [0.05, 0.1) is 7.11 Å². The lowest BCUT2D eigenvalue weighted by molar-refractivity contribution is 0.277. The van der Waals surface area contributed by atoms with Crippen molar-refractivity contribution in [1.29, 1.82) is 0 Å². The number of halogens is 2. The fourth-order valence-corrected chi connectivity index (χ4v) is 1.99. The maximum atomic E-state index is 13.7. The SMILES string of the molecule is COc1cccc(CN)c1OCc1ccc(Cl)cc1F. The predicted octanol–water partition coefficient (Wildman–Crippen LogP) is 3.53. The molecule has 0 radical (unpaired) electrons. The molecule has 3 nitrogen and oxygen atoms in total. The van der Waals surface area contributed by atoms with Gasteiger partial charge in [-0.3, -0.25) is 0 Å². The van der Waals surface area contributed by atoms with Crippen LogP contribution in [0.1, 0.15) is 11.1 Å². The summed E-state index contributed by atoms with van der Waals surface area (Å²) < 4.78 is 24.6. The molecular formula is C15H15ClFNO2. The molecule has 0 amide bonds. The molecule has 2 aromatic rings. The summed E-state index contributed by atoms with van der Waals surface area (Å²) in [7, 11) is 1.55. The lowest BCUT2D eigenvalue weighted by Gasteiger charge is -2.14. The second-order valence-corrected chi connectivity index (χ2v) is 4.61. The van der Waals surface area contributed by atoms with Gasteiger partial charge in [0.2, 0.25) is 0 Å². The molecule has 0 fully saturated rings. The highest BCUT2D eigenvalue weighted by atomic mass is 35.5. The second kappa shape index (κ2) is 6.59. The van der Waals surface area contributed by atoms with Gasteiger partial charge < -0.3 is 15.2 Å². The molecule has 0 spiro atoms. The summed E-state index contributed by atoms with van der Waals surface area (Å²) in [4.78, 5) is 0. The van der Waals surface area contributed by atoms with Crippen molar-refractivity contribution in [3.8, 4) is 11.5 Å². The average Bonchev–Trinajstić information content (AvgIpc) is 2.46. The maximum Gasteiger partial charge on any atom is 0.166 e. The Morgan fingerprint density at radius 3 is 2.65 bits per heavy atom. The van der Waals surface area contributed by atoms with E-state index in [-0.39, 0.29) is 6.61 Å². The second-order valence-electron chi connectivity index (χ2n) is 4.18. The van der Waals surface area contributed by atoms with E-state index < -0.39 is 5.82 Å². The van der Waals surface area contributed by atoms with E-state index in [1.807, 2.05) is 12.1 Å². The molecule has 0 bridgehead atoms. The van der Waals surface area contributed by atoms with E-state index in [2.05, 4.69) is 0 Å².